The molecule has 1 rings (SSSR count). The number of amides is 2. The van der Waals surface area contributed by atoms with Crippen molar-refractivity contribution in [1.82, 2.24) is 9.80 Å². The molecule has 1 aromatic carbocycles. The zero-order chi connectivity index (χ0) is 15.8. The van der Waals surface area contributed by atoms with E-state index in [1.807, 2.05) is 30.3 Å². The molecule has 0 aliphatic carbocycles. The molecular formula is C15H22N2O4. The van der Waals surface area contributed by atoms with Crippen LogP contribution in [-0.4, -0.2) is 58.8 Å². The minimum atomic E-state index is -0.939. The third-order valence-electron chi connectivity index (χ3n) is 3.15. The molecule has 0 bridgehead atoms. The van der Waals surface area contributed by atoms with E-state index in [0.717, 1.165) is 5.56 Å². The summed E-state index contributed by atoms with van der Waals surface area (Å²) in [6.45, 7) is 2.14. The van der Waals surface area contributed by atoms with Crippen molar-refractivity contribution in [3.8, 4) is 0 Å². The Hall–Kier alpha value is -2.08. The first-order valence-electron chi connectivity index (χ1n) is 6.83. The number of hydrogen-bond acceptors (Lipinski definition) is 3. The monoisotopic (exact) mass is 294 g/mol. The molecule has 0 spiro atoms. The van der Waals surface area contributed by atoms with Crippen molar-refractivity contribution in [1.29, 1.82) is 0 Å². The van der Waals surface area contributed by atoms with Crippen LogP contribution in [0.3, 0.4) is 0 Å². The van der Waals surface area contributed by atoms with Gasteiger partial charge in [-0.05, 0) is 5.56 Å². The van der Waals surface area contributed by atoms with Crippen LogP contribution in [0.1, 0.15) is 12.5 Å². The first-order chi connectivity index (χ1) is 9.95. The minimum Gasteiger partial charge on any atom is -0.481 e. The van der Waals surface area contributed by atoms with Gasteiger partial charge in [-0.1, -0.05) is 37.3 Å². The number of nitrogens with zero attached hydrogens (tertiary/aromatic N) is 2. The van der Waals surface area contributed by atoms with Crippen LogP contribution in [0.5, 0.6) is 0 Å². The van der Waals surface area contributed by atoms with Gasteiger partial charge in [-0.3, -0.25) is 4.79 Å². The maximum absolute atomic E-state index is 12.3. The van der Waals surface area contributed by atoms with Crippen LogP contribution in [-0.2, 0) is 11.3 Å². The second-order valence-corrected chi connectivity index (χ2v) is 5.03. The Kier molecular flexibility index (Phi) is 6.68. The van der Waals surface area contributed by atoms with Gasteiger partial charge < -0.3 is 20.0 Å². The topological polar surface area (TPSA) is 81.1 Å². The van der Waals surface area contributed by atoms with Gasteiger partial charge in [-0.25, -0.2) is 4.79 Å². The van der Waals surface area contributed by atoms with Gasteiger partial charge in [-0.15, -0.1) is 0 Å². The van der Waals surface area contributed by atoms with Crippen LogP contribution in [0.2, 0.25) is 0 Å². The van der Waals surface area contributed by atoms with Crippen LogP contribution < -0.4 is 0 Å². The first kappa shape index (κ1) is 17.0. The molecule has 1 atom stereocenters. The molecule has 6 heteroatoms. The second-order valence-electron chi connectivity index (χ2n) is 5.03. The van der Waals surface area contributed by atoms with Crippen LogP contribution in [0.15, 0.2) is 30.3 Å². The van der Waals surface area contributed by atoms with E-state index in [9.17, 15) is 9.59 Å². The zero-order valence-electron chi connectivity index (χ0n) is 12.4. The smallest absolute Gasteiger partial charge is 0.320 e. The van der Waals surface area contributed by atoms with Gasteiger partial charge in [0.25, 0.3) is 0 Å². The van der Waals surface area contributed by atoms with Crippen LogP contribution in [0.4, 0.5) is 4.79 Å². The number of carboxylic acids is 1. The standard InChI is InChI=1S/C15H22N2O4/c1-12(14(19)20)10-16(2)15(21)17(8-9-18)11-13-6-4-3-5-7-13/h3-7,12,18H,8-11H2,1-2H3,(H,19,20). The van der Waals surface area contributed by atoms with Crippen molar-refractivity contribution in [2.75, 3.05) is 26.7 Å². The van der Waals surface area contributed by atoms with Gasteiger partial charge in [0.15, 0.2) is 0 Å². The third kappa shape index (κ3) is 5.43. The number of aliphatic carboxylic acids is 1. The summed E-state index contributed by atoms with van der Waals surface area (Å²) < 4.78 is 0. The van der Waals surface area contributed by atoms with E-state index in [2.05, 4.69) is 0 Å². The lowest BCUT2D eigenvalue weighted by Crippen LogP contribution is -2.44. The predicted molar refractivity (Wildman–Crippen MR) is 78.8 cm³/mol. The summed E-state index contributed by atoms with van der Waals surface area (Å²) >= 11 is 0. The fraction of sp³-hybridized carbons (Fsp3) is 0.467. The Morgan fingerprint density at radius 1 is 1.24 bits per heavy atom. The molecule has 2 N–H and O–H groups in total. The summed E-state index contributed by atoms with van der Waals surface area (Å²) in [5, 5.41) is 18.0. The lowest BCUT2D eigenvalue weighted by Gasteiger charge is -2.28. The van der Waals surface area contributed by atoms with E-state index in [-0.39, 0.29) is 25.7 Å². The Labute approximate surface area is 124 Å². The van der Waals surface area contributed by atoms with Gasteiger partial charge in [0.2, 0.25) is 0 Å². The minimum absolute atomic E-state index is 0.130. The van der Waals surface area contributed by atoms with Crippen molar-refractivity contribution in [3.05, 3.63) is 35.9 Å². The molecule has 2 amide bonds. The van der Waals surface area contributed by atoms with Gasteiger partial charge >= 0.3 is 12.0 Å². The molecule has 0 aliphatic heterocycles. The van der Waals surface area contributed by atoms with Gasteiger partial charge in [0.05, 0.1) is 12.5 Å². The number of benzene rings is 1. The molecule has 116 valence electrons. The lowest BCUT2D eigenvalue weighted by molar-refractivity contribution is -0.141. The van der Waals surface area contributed by atoms with Gasteiger partial charge in [-0.2, -0.15) is 0 Å². The first-order valence-corrected chi connectivity index (χ1v) is 6.83. The SMILES string of the molecule is CC(CN(C)C(=O)N(CCO)Cc1ccccc1)C(=O)O. The Bertz CT molecular complexity index is 464. The van der Waals surface area contributed by atoms with E-state index in [1.165, 1.54) is 9.80 Å². The average Bonchev–Trinajstić information content (AvgIpc) is 2.46. The Morgan fingerprint density at radius 2 is 1.86 bits per heavy atom. The predicted octanol–water partition coefficient (Wildman–Crippen LogP) is 1.25. The summed E-state index contributed by atoms with van der Waals surface area (Å²) in [5.41, 5.74) is 0.957. The van der Waals surface area contributed by atoms with E-state index < -0.39 is 11.9 Å². The van der Waals surface area contributed by atoms with Crippen LogP contribution in [0.25, 0.3) is 0 Å². The highest BCUT2D eigenvalue weighted by Crippen LogP contribution is 2.08. The molecule has 1 aromatic rings. The summed E-state index contributed by atoms with van der Waals surface area (Å²) in [6.07, 6.45) is 0. The molecule has 0 saturated carbocycles. The quantitative estimate of drug-likeness (QED) is 0.793. The molecule has 0 saturated heterocycles. The zero-order valence-corrected chi connectivity index (χ0v) is 12.4. The number of hydrogen-bond donors (Lipinski definition) is 2. The van der Waals surface area contributed by atoms with E-state index >= 15 is 0 Å². The fourth-order valence-electron chi connectivity index (χ4n) is 1.98. The molecular weight excluding hydrogens is 272 g/mol. The highest BCUT2D eigenvalue weighted by Gasteiger charge is 2.21. The second kappa shape index (κ2) is 8.26. The molecule has 0 aliphatic rings. The number of carbonyl (C=O) groups is 2. The lowest BCUT2D eigenvalue weighted by atomic mass is 10.2. The van der Waals surface area contributed by atoms with Crippen molar-refractivity contribution in [3.63, 3.8) is 0 Å². The third-order valence-corrected chi connectivity index (χ3v) is 3.15. The number of urea groups is 1. The number of rotatable bonds is 7. The molecule has 6 nitrogen and oxygen atoms in total. The largest absolute Gasteiger partial charge is 0.481 e. The average molecular weight is 294 g/mol. The molecule has 0 radical (unpaired) electrons. The van der Waals surface area contributed by atoms with Crippen molar-refractivity contribution in [2.45, 2.75) is 13.5 Å². The summed E-state index contributed by atoms with van der Waals surface area (Å²) in [6, 6.07) is 9.17. The van der Waals surface area contributed by atoms with Crippen molar-refractivity contribution < 1.29 is 19.8 Å². The maximum atomic E-state index is 12.3. The van der Waals surface area contributed by atoms with Gasteiger partial charge in [0, 0.05) is 26.7 Å². The molecule has 0 aromatic heterocycles. The molecule has 1 unspecified atom stereocenters. The van der Waals surface area contributed by atoms with Crippen LogP contribution >= 0.6 is 0 Å². The van der Waals surface area contributed by atoms with Crippen molar-refractivity contribution in [2.24, 2.45) is 5.92 Å². The summed E-state index contributed by atoms with van der Waals surface area (Å²) in [7, 11) is 1.57. The molecule has 0 heterocycles. The number of aliphatic hydroxyl groups is 1. The highest BCUT2D eigenvalue weighted by atomic mass is 16.4. The molecule has 21 heavy (non-hydrogen) atoms. The number of carboxylic acid groups (broad SMARTS) is 1. The fourth-order valence-corrected chi connectivity index (χ4v) is 1.98. The van der Waals surface area contributed by atoms with Crippen molar-refractivity contribution >= 4 is 12.0 Å². The number of carbonyl (C=O) groups excluding carboxylic acids is 1. The van der Waals surface area contributed by atoms with E-state index in [0.29, 0.717) is 6.54 Å². The highest BCUT2D eigenvalue weighted by molar-refractivity contribution is 5.76. The summed E-state index contributed by atoms with van der Waals surface area (Å²) in [5.74, 6) is -1.57. The Morgan fingerprint density at radius 3 is 2.38 bits per heavy atom. The maximum Gasteiger partial charge on any atom is 0.320 e. The van der Waals surface area contributed by atoms with Gasteiger partial charge in [0.1, 0.15) is 0 Å². The normalized spacial score (nSPS) is 11.8. The number of aliphatic hydroxyl groups excluding tert-OH is 1. The summed E-state index contributed by atoms with van der Waals surface area (Å²) in [4.78, 5) is 26.1. The van der Waals surface area contributed by atoms with Crippen LogP contribution in [0, 0.1) is 5.92 Å². The van der Waals surface area contributed by atoms with E-state index in [4.69, 9.17) is 10.2 Å². The van der Waals surface area contributed by atoms with E-state index in [1.54, 1.807) is 14.0 Å². The Balaban J connectivity index is 2.70. The molecule has 0 fully saturated rings.